The lowest BCUT2D eigenvalue weighted by molar-refractivity contribution is -0.117. The molecular weight excluding hydrogens is 108 g/mol. The van der Waals surface area contributed by atoms with E-state index < -0.39 is 0 Å². The Balaban J connectivity index is 2.44. The summed E-state index contributed by atoms with van der Waals surface area (Å²) >= 11 is 0. The lowest BCUT2D eigenvalue weighted by Crippen LogP contribution is -2.07. The summed E-state index contributed by atoms with van der Waals surface area (Å²) in [5, 5.41) is 0. The first kappa shape index (κ1) is 5.15. The number of rotatable bonds is 2. The Kier molecular flexibility index (Phi) is 1.20. The van der Waals surface area contributed by atoms with Crippen LogP contribution in [0.5, 0.6) is 0 Å². The highest BCUT2D eigenvalue weighted by molar-refractivity contribution is 6.28. The molecule has 0 aliphatic carbocycles. The van der Waals surface area contributed by atoms with Gasteiger partial charge < -0.3 is 10.3 Å². The van der Waals surface area contributed by atoms with E-state index in [1.807, 2.05) is 0 Å². The van der Waals surface area contributed by atoms with Crippen molar-refractivity contribution in [2.45, 2.75) is 6.10 Å². The van der Waals surface area contributed by atoms with Crippen LogP contribution in [0.25, 0.3) is 5.53 Å². The first-order valence-electron chi connectivity index (χ1n) is 2.17. The van der Waals surface area contributed by atoms with Gasteiger partial charge in [0.05, 0.1) is 6.61 Å². The normalized spacial score (nSPS) is 23.8. The van der Waals surface area contributed by atoms with E-state index in [0.29, 0.717) is 6.61 Å². The van der Waals surface area contributed by atoms with Gasteiger partial charge in [-0.25, -0.2) is 0 Å². The van der Waals surface area contributed by atoms with E-state index in [-0.39, 0.29) is 11.9 Å². The highest BCUT2D eigenvalue weighted by Gasteiger charge is 2.32. The summed E-state index contributed by atoms with van der Waals surface area (Å²) < 4.78 is 4.57. The van der Waals surface area contributed by atoms with Gasteiger partial charge in [-0.2, -0.15) is 4.79 Å². The average molecular weight is 112 g/mol. The van der Waals surface area contributed by atoms with Crippen molar-refractivity contribution >= 4 is 12.0 Å². The van der Waals surface area contributed by atoms with Crippen LogP contribution in [0.1, 0.15) is 0 Å². The Bertz CT molecular complexity index is 155. The van der Waals surface area contributed by atoms with Gasteiger partial charge in [0.1, 0.15) is 0 Å². The zero-order valence-electron chi connectivity index (χ0n) is 4.07. The predicted molar refractivity (Wildman–Crippen MR) is 24.4 cm³/mol. The van der Waals surface area contributed by atoms with Crippen molar-refractivity contribution in [1.82, 2.24) is 0 Å². The maximum absolute atomic E-state index is 10.4. The maximum Gasteiger partial charge on any atom is 0.326 e. The fourth-order valence-corrected chi connectivity index (χ4v) is 0.352. The molecule has 0 aromatic rings. The van der Waals surface area contributed by atoms with E-state index in [9.17, 15) is 4.79 Å². The van der Waals surface area contributed by atoms with Crippen LogP contribution in [0.4, 0.5) is 0 Å². The second-order valence-electron chi connectivity index (χ2n) is 1.47. The average Bonchev–Trinajstić information content (AvgIpc) is 2.45. The van der Waals surface area contributed by atoms with Gasteiger partial charge in [0.15, 0.2) is 6.10 Å². The van der Waals surface area contributed by atoms with Crippen molar-refractivity contribution in [3.8, 4) is 0 Å². The predicted octanol–water partition coefficient (Wildman–Crippen LogP) is -0.745. The van der Waals surface area contributed by atoms with Gasteiger partial charge in [-0.05, 0) is 0 Å². The van der Waals surface area contributed by atoms with Crippen LogP contribution in [0.15, 0.2) is 0 Å². The quantitative estimate of drug-likeness (QED) is 0.204. The molecule has 0 spiro atoms. The van der Waals surface area contributed by atoms with Crippen LogP contribution in [0.2, 0.25) is 0 Å². The molecule has 42 valence electrons. The molecule has 1 atom stereocenters. The van der Waals surface area contributed by atoms with Crippen molar-refractivity contribution in [3.05, 3.63) is 5.53 Å². The van der Waals surface area contributed by atoms with Gasteiger partial charge in [0.25, 0.3) is 5.78 Å². The lowest BCUT2D eigenvalue weighted by atomic mass is 10.3. The first-order chi connectivity index (χ1) is 3.84. The molecule has 0 bridgehead atoms. The molecule has 4 heteroatoms. The smallest absolute Gasteiger partial charge is 0.326 e. The summed E-state index contributed by atoms with van der Waals surface area (Å²) in [4.78, 5) is 12.9. The van der Waals surface area contributed by atoms with E-state index >= 15 is 0 Å². The van der Waals surface area contributed by atoms with Crippen LogP contribution < -0.4 is 0 Å². The Morgan fingerprint density at radius 3 is 3.00 bits per heavy atom. The van der Waals surface area contributed by atoms with Crippen LogP contribution in [-0.4, -0.2) is 29.5 Å². The summed E-state index contributed by atoms with van der Waals surface area (Å²) in [5.41, 5.74) is 7.81. The summed E-state index contributed by atoms with van der Waals surface area (Å²) in [6.07, 6.45) is 0.517. The molecule has 4 nitrogen and oxygen atoms in total. The zero-order chi connectivity index (χ0) is 5.98. The van der Waals surface area contributed by atoms with E-state index in [1.165, 1.54) is 0 Å². The van der Waals surface area contributed by atoms with E-state index in [1.54, 1.807) is 0 Å². The highest BCUT2D eigenvalue weighted by Crippen LogP contribution is 2.07. The standard InChI is InChI=1S/C4H4N2O2/c5-6-1-3(7)4-2-8-4/h1,4H,2H2/t4-/m0/s1. The number of hydrogen-bond acceptors (Lipinski definition) is 2. The van der Waals surface area contributed by atoms with Crippen LogP contribution in [0.3, 0.4) is 0 Å². The molecule has 1 saturated heterocycles. The van der Waals surface area contributed by atoms with Gasteiger partial charge >= 0.3 is 6.21 Å². The minimum Gasteiger partial charge on any atom is -0.364 e. The monoisotopic (exact) mass is 112 g/mol. The number of Topliss-reactive ketones (excluding diaryl/α,β-unsaturated/α-hetero) is 1. The summed E-state index contributed by atoms with van der Waals surface area (Å²) in [7, 11) is 0. The third-order valence-electron chi connectivity index (χ3n) is 0.836. The third kappa shape index (κ3) is 0.992. The lowest BCUT2D eigenvalue weighted by Gasteiger charge is -1.69. The first-order valence-corrected chi connectivity index (χ1v) is 2.17. The van der Waals surface area contributed by atoms with Crippen molar-refractivity contribution in [3.63, 3.8) is 0 Å². The fourth-order valence-electron chi connectivity index (χ4n) is 0.352. The van der Waals surface area contributed by atoms with Gasteiger partial charge in [0.2, 0.25) is 0 Å². The molecule has 0 amide bonds. The minimum absolute atomic E-state index is 0.271. The Morgan fingerprint density at radius 2 is 2.62 bits per heavy atom. The Hall–Kier alpha value is -0.990. The molecule has 0 radical (unpaired) electrons. The topological polar surface area (TPSA) is 66.0 Å². The molecule has 0 N–H and O–H groups in total. The van der Waals surface area contributed by atoms with E-state index in [2.05, 4.69) is 9.53 Å². The number of hydrogen-bond donors (Lipinski definition) is 0. The van der Waals surface area contributed by atoms with Gasteiger partial charge in [-0.3, -0.25) is 4.79 Å². The third-order valence-corrected chi connectivity index (χ3v) is 0.836. The summed E-state index contributed by atoms with van der Waals surface area (Å²) in [6, 6.07) is 0. The molecule has 0 saturated carbocycles. The Morgan fingerprint density at radius 1 is 2.00 bits per heavy atom. The molecule has 1 aliphatic heterocycles. The molecule has 1 aliphatic rings. The SMILES string of the molecule is [N-]=[N+]=CC(=O)[C@@H]1CO1. The van der Waals surface area contributed by atoms with Crippen molar-refractivity contribution in [2.24, 2.45) is 0 Å². The molecule has 1 heterocycles. The molecule has 8 heavy (non-hydrogen) atoms. The van der Waals surface area contributed by atoms with Crippen LogP contribution in [-0.2, 0) is 9.53 Å². The number of ether oxygens (including phenoxy) is 1. The van der Waals surface area contributed by atoms with Crippen LogP contribution in [0, 0.1) is 0 Å². The fraction of sp³-hybridized carbons (Fsp3) is 0.500. The summed E-state index contributed by atoms with van der Waals surface area (Å²) in [6.45, 7) is 0.463. The van der Waals surface area contributed by atoms with E-state index in [4.69, 9.17) is 5.53 Å². The second kappa shape index (κ2) is 1.86. The second-order valence-corrected chi connectivity index (χ2v) is 1.47. The number of carbonyl (C=O) groups excluding carboxylic acids is 1. The van der Waals surface area contributed by atoms with Crippen molar-refractivity contribution in [2.75, 3.05) is 6.61 Å². The van der Waals surface area contributed by atoms with E-state index in [0.717, 1.165) is 6.21 Å². The molecule has 1 rings (SSSR count). The summed E-state index contributed by atoms with van der Waals surface area (Å²) in [5.74, 6) is -0.271. The van der Waals surface area contributed by atoms with Crippen LogP contribution >= 0.6 is 0 Å². The largest absolute Gasteiger partial charge is 0.364 e. The highest BCUT2D eigenvalue weighted by atomic mass is 16.6. The Labute approximate surface area is 45.7 Å². The number of epoxide rings is 1. The van der Waals surface area contributed by atoms with Crippen molar-refractivity contribution < 1.29 is 14.3 Å². The maximum atomic E-state index is 10.4. The zero-order valence-corrected chi connectivity index (χ0v) is 4.07. The molecule has 0 aromatic heterocycles. The molecule has 0 aromatic carbocycles. The number of ketones is 1. The number of carbonyl (C=O) groups is 1. The molecular formula is C4H4N2O2. The van der Waals surface area contributed by atoms with Gasteiger partial charge in [-0.1, -0.05) is 0 Å². The van der Waals surface area contributed by atoms with Gasteiger partial charge in [0, 0.05) is 0 Å². The number of nitrogens with zero attached hydrogens (tertiary/aromatic N) is 2. The van der Waals surface area contributed by atoms with Gasteiger partial charge in [-0.15, -0.1) is 0 Å². The minimum atomic E-state index is -0.328. The molecule has 0 unspecified atom stereocenters. The molecule has 1 fully saturated rings. The van der Waals surface area contributed by atoms with Crippen molar-refractivity contribution in [1.29, 1.82) is 0 Å².